The van der Waals surface area contributed by atoms with Gasteiger partial charge in [0.1, 0.15) is 0 Å². The van der Waals surface area contributed by atoms with Gasteiger partial charge >= 0.3 is 0 Å². The highest BCUT2D eigenvalue weighted by molar-refractivity contribution is 9.10. The van der Waals surface area contributed by atoms with Crippen LogP contribution in [-0.4, -0.2) is 13.6 Å². The molecule has 1 aliphatic rings. The lowest BCUT2D eigenvalue weighted by atomic mass is 9.62. The lowest BCUT2D eigenvalue weighted by Crippen LogP contribution is -2.40. The van der Waals surface area contributed by atoms with Crippen LogP contribution in [0.2, 0.25) is 0 Å². The molecule has 0 unspecified atom stereocenters. The fourth-order valence-electron chi connectivity index (χ4n) is 3.97. The van der Waals surface area contributed by atoms with Gasteiger partial charge in [0.25, 0.3) is 0 Å². The lowest BCUT2D eigenvalue weighted by molar-refractivity contribution is 0.0877. The topological polar surface area (TPSA) is 12.0 Å². The minimum atomic E-state index is 0.442. The molecule has 0 saturated heterocycles. The summed E-state index contributed by atoms with van der Waals surface area (Å²) in [6, 6.07) is 8.84. The Kier molecular flexibility index (Phi) is 5.54. The van der Waals surface area contributed by atoms with Gasteiger partial charge in [0.2, 0.25) is 0 Å². The van der Waals surface area contributed by atoms with Gasteiger partial charge in [0.05, 0.1) is 0 Å². The van der Waals surface area contributed by atoms with Gasteiger partial charge in [-0.2, -0.15) is 0 Å². The van der Waals surface area contributed by atoms with Crippen molar-refractivity contribution in [2.45, 2.75) is 52.9 Å². The summed E-state index contributed by atoms with van der Waals surface area (Å²) >= 11 is 3.60. The third kappa shape index (κ3) is 4.56. The van der Waals surface area contributed by atoms with Crippen molar-refractivity contribution in [3.05, 3.63) is 34.3 Å². The molecule has 0 bridgehead atoms. The van der Waals surface area contributed by atoms with E-state index in [1.807, 2.05) is 0 Å². The van der Waals surface area contributed by atoms with Crippen molar-refractivity contribution in [2.75, 3.05) is 13.6 Å². The van der Waals surface area contributed by atoms with Crippen LogP contribution in [0.4, 0.5) is 0 Å². The van der Waals surface area contributed by atoms with E-state index in [2.05, 4.69) is 73.3 Å². The molecule has 118 valence electrons. The highest BCUT2D eigenvalue weighted by Gasteiger charge is 2.38. The third-order valence-corrected chi connectivity index (χ3v) is 5.78. The molecule has 0 spiro atoms. The van der Waals surface area contributed by atoms with Gasteiger partial charge in [-0.3, -0.25) is 0 Å². The first-order chi connectivity index (χ1) is 9.85. The average Bonchev–Trinajstić information content (AvgIpc) is 2.38. The largest absolute Gasteiger partial charge is 0.319 e. The molecule has 0 heterocycles. The van der Waals surface area contributed by atoms with E-state index in [-0.39, 0.29) is 0 Å². The summed E-state index contributed by atoms with van der Waals surface area (Å²) in [5.74, 6) is 0.880. The molecule has 0 amide bonds. The maximum atomic E-state index is 3.60. The summed E-state index contributed by atoms with van der Waals surface area (Å²) < 4.78 is 1.20. The van der Waals surface area contributed by atoms with Crippen LogP contribution < -0.4 is 5.32 Å². The molecule has 0 radical (unpaired) electrons. The molecule has 1 saturated carbocycles. The predicted molar refractivity (Wildman–Crippen MR) is 95.6 cm³/mol. The Balaban J connectivity index is 2.09. The smallest absolute Gasteiger partial charge is 0.0177 e. The number of rotatable bonds is 4. The Bertz CT molecular complexity index is 453. The van der Waals surface area contributed by atoms with Crippen LogP contribution in [0.1, 0.15) is 52.0 Å². The average molecular weight is 352 g/mol. The summed E-state index contributed by atoms with van der Waals surface area (Å²) in [4.78, 5) is 0. The number of nitrogens with one attached hydrogen (secondary N) is 1. The van der Waals surface area contributed by atoms with E-state index in [0.717, 1.165) is 12.5 Å². The monoisotopic (exact) mass is 351 g/mol. The van der Waals surface area contributed by atoms with Gasteiger partial charge < -0.3 is 5.32 Å². The maximum absolute atomic E-state index is 3.60. The standard InChI is InChI=1S/C19H30BrN/c1-18(2,3)16-8-10-19(11-9-16,14-21-4)13-15-6-5-7-17(20)12-15/h5-7,12,16,21H,8-11,13-14H2,1-4H3. The van der Waals surface area contributed by atoms with Crippen molar-refractivity contribution in [1.82, 2.24) is 5.32 Å². The zero-order chi connectivity index (χ0) is 15.5. The second-order valence-electron chi connectivity index (χ2n) is 7.98. The van der Waals surface area contributed by atoms with Crippen molar-refractivity contribution in [2.24, 2.45) is 16.7 Å². The van der Waals surface area contributed by atoms with E-state index < -0.39 is 0 Å². The molecule has 1 aliphatic carbocycles. The molecule has 0 atom stereocenters. The minimum absolute atomic E-state index is 0.442. The Morgan fingerprint density at radius 1 is 1.24 bits per heavy atom. The van der Waals surface area contributed by atoms with Gasteiger partial charge in [0, 0.05) is 11.0 Å². The quantitative estimate of drug-likeness (QED) is 0.761. The summed E-state index contributed by atoms with van der Waals surface area (Å²) in [5, 5.41) is 3.45. The fraction of sp³-hybridized carbons (Fsp3) is 0.684. The molecular formula is C19H30BrN. The van der Waals surface area contributed by atoms with Crippen LogP contribution >= 0.6 is 15.9 Å². The van der Waals surface area contributed by atoms with Crippen LogP contribution in [-0.2, 0) is 6.42 Å². The summed E-state index contributed by atoms with van der Waals surface area (Å²) in [6.07, 6.45) is 6.65. The van der Waals surface area contributed by atoms with Crippen molar-refractivity contribution < 1.29 is 0 Å². The van der Waals surface area contributed by atoms with Gasteiger partial charge in [-0.25, -0.2) is 0 Å². The summed E-state index contributed by atoms with van der Waals surface area (Å²) in [6.45, 7) is 8.33. The Hall–Kier alpha value is -0.340. The van der Waals surface area contributed by atoms with E-state index in [4.69, 9.17) is 0 Å². The predicted octanol–water partition coefficient (Wildman–Crippen LogP) is 5.43. The molecule has 1 aromatic carbocycles. The maximum Gasteiger partial charge on any atom is 0.0177 e. The number of halogens is 1. The third-order valence-electron chi connectivity index (χ3n) is 5.29. The second-order valence-corrected chi connectivity index (χ2v) is 8.89. The zero-order valence-electron chi connectivity index (χ0n) is 14.0. The van der Waals surface area contributed by atoms with Crippen molar-refractivity contribution in [3.8, 4) is 0 Å². The van der Waals surface area contributed by atoms with Crippen LogP contribution in [0, 0.1) is 16.7 Å². The number of hydrogen-bond donors (Lipinski definition) is 1. The first-order valence-electron chi connectivity index (χ1n) is 8.24. The van der Waals surface area contributed by atoms with Gasteiger partial charge in [-0.15, -0.1) is 0 Å². The van der Waals surface area contributed by atoms with E-state index in [1.54, 1.807) is 0 Å². The molecule has 0 aliphatic heterocycles. The molecule has 2 rings (SSSR count). The molecule has 2 heteroatoms. The van der Waals surface area contributed by atoms with Crippen molar-refractivity contribution in [3.63, 3.8) is 0 Å². The summed E-state index contributed by atoms with van der Waals surface area (Å²) in [7, 11) is 2.10. The fourth-order valence-corrected chi connectivity index (χ4v) is 4.41. The van der Waals surface area contributed by atoms with E-state index >= 15 is 0 Å². The first-order valence-corrected chi connectivity index (χ1v) is 9.03. The van der Waals surface area contributed by atoms with E-state index in [0.29, 0.717) is 10.8 Å². The Morgan fingerprint density at radius 3 is 2.43 bits per heavy atom. The molecule has 1 nitrogen and oxygen atoms in total. The van der Waals surface area contributed by atoms with Gasteiger partial charge in [-0.05, 0) is 73.6 Å². The number of benzene rings is 1. The normalized spacial score (nSPS) is 26.8. The Labute approximate surface area is 139 Å². The Morgan fingerprint density at radius 2 is 1.90 bits per heavy atom. The van der Waals surface area contributed by atoms with Gasteiger partial charge in [0.15, 0.2) is 0 Å². The van der Waals surface area contributed by atoms with Crippen LogP contribution in [0.25, 0.3) is 0 Å². The molecular weight excluding hydrogens is 322 g/mol. The molecule has 0 aromatic heterocycles. The number of hydrogen-bond acceptors (Lipinski definition) is 1. The molecule has 1 aromatic rings. The van der Waals surface area contributed by atoms with Crippen molar-refractivity contribution in [1.29, 1.82) is 0 Å². The lowest BCUT2D eigenvalue weighted by Gasteiger charge is -2.44. The zero-order valence-corrected chi connectivity index (χ0v) is 15.6. The highest BCUT2D eigenvalue weighted by atomic mass is 79.9. The second kappa shape index (κ2) is 6.83. The van der Waals surface area contributed by atoms with Crippen LogP contribution in [0.3, 0.4) is 0 Å². The first kappa shape index (κ1) is 17.0. The minimum Gasteiger partial charge on any atom is -0.319 e. The van der Waals surface area contributed by atoms with E-state index in [9.17, 15) is 0 Å². The van der Waals surface area contributed by atoms with Crippen LogP contribution in [0.15, 0.2) is 28.7 Å². The molecule has 21 heavy (non-hydrogen) atoms. The van der Waals surface area contributed by atoms with Gasteiger partial charge in [-0.1, -0.05) is 48.8 Å². The molecule has 1 N–H and O–H groups in total. The SMILES string of the molecule is CNCC1(Cc2cccc(Br)c2)CCC(C(C)(C)C)CC1. The summed E-state index contributed by atoms with van der Waals surface area (Å²) in [5.41, 5.74) is 2.37. The molecule has 1 fully saturated rings. The van der Waals surface area contributed by atoms with E-state index in [1.165, 1.54) is 42.1 Å². The van der Waals surface area contributed by atoms with Crippen LogP contribution in [0.5, 0.6) is 0 Å². The highest BCUT2D eigenvalue weighted by Crippen LogP contribution is 2.46. The van der Waals surface area contributed by atoms with Crippen molar-refractivity contribution >= 4 is 15.9 Å².